The van der Waals surface area contributed by atoms with Gasteiger partial charge in [-0.05, 0) is 31.9 Å². The molecule has 0 aromatic carbocycles. The number of hydrogen-bond acceptors (Lipinski definition) is 5. The van der Waals surface area contributed by atoms with Gasteiger partial charge in [-0.1, -0.05) is 11.6 Å². The second-order valence-corrected chi connectivity index (χ2v) is 7.70. The lowest BCUT2D eigenvalue weighted by Crippen LogP contribution is -2.35. The van der Waals surface area contributed by atoms with E-state index in [4.69, 9.17) is 16.7 Å². The van der Waals surface area contributed by atoms with Crippen molar-refractivity contribution in [1.29, 1.82) is 0 Å². The molecule has 0 aliphatic heterocycles. The van der Waals surface area contributed by atoms with Crippen LogP contribution in [-0.2, 0) is 0 Å². The second kappa shape index (κ2) is 6.04. The smallest absolute Gasteiger partial charge is 0.266 e. The van der Waals surface area contributed by atoms with Crippen LogP contribution in [-0.4, -0.2) is 40.1 Å². The predicted octanol–water partition coefficient (Wildman–Crippen LogP) is 3.43. The fourth-order valence-corrected chi connectivity index (χ4v) is 4.32. The third kappa shape index (κ3) is 3.13. The summed E-state index contributed by atoms with van der Waals surface area (Å²) in [7, 11) is 0. The Bertz CT molecular complexity index is 664. The third-order valence-electron chi connectivity index (χ3n) is 3.36. The maximum atomic E-state index is 12.6. The van der Waals surface area contributed by atoms with Gasteiger partial charge in [-0.3, -0.25) is 4.79 Å². The van der Waals surface area contributed by atoms with Gasteiger partial charge in [0.05, 0.1) is 21.5 Å². The molecule has 1 saturated carbocycles. The Hall–Kier alpha value is -0.950. The van der Waals surface area contributed by atoms with Crippen molar-refractivity contribution in [1.82, 2.24) is 9.88 Å². The molecule has 2 aromatic heterocycles. The molecule has 1 N–H and O–H groups in total. The van der Waals surface area contributed by atoms with Gasteiger partial charge in [0, 0.05) is 12.6 Å². The molecule has 112 valence electrons. The molecular weight excluding hydrogens is 328 g/mol. The van der Waals surface area contributed by atoms with Gasteiger partial charge < -0.3 is 10.0 Å². The number of nitrogens with zero attached hydrogens (tertiary/aromatic N) is 2. The van der Waals surface area contributed by atoms with E-state index in [1.165, 1.54) is 22.7 Å². The van der Waals surface area contributed by atoms with Crippen LogP contribution in [0.1, 0.15) is 28.2 Å². The van der Waals surface area contributed by atoms with Crippen molar-refractivity contribution >= 4 is 40.2 Å². The normalized spacial score (nSPS) is 14.4. The van der Waals surface area contributed by atoms with Gasteiger partial charge in [-0.2, -0.15) is 0 Å². The Morgan fingerprint density at radius 1 is 1.48 bits per heavy atom. The van der Waals surface area contributed by atoms with Crippen LogP contribution in [0.3, 0.4) is 0 Å². The van der Waals surface area contributed by atoms with E-state index in [-0.39, 0.29) is 18.6 Å². The molecule has 1 amide bonds. The van der Waals surface area contributed by atoms with Crippen molar-refractivity contribution in [2.45, 2.75) is 25.8 Å². The molecule has 0 bridgehead atoms. The maximum Gasteiger partial charge on any atom is 0.266 e. The van der Waals surface area contributed by atoms with Gasteiger partial charge in [0.25, 0.3) is 5.91 Å². The van der Waals surface area contributed by atoms with Crippen LogP contribution >= 0.6 is 34.3 Å². The molecule has 2 heterocycles. The number of aliphatic hydroxyl groups excluding tert-OH is 1. The van der Waals surface area contributed by atoms with Crippen LogP contribution < -0.4 is 0 Å². The van der Waals surface area contributed by atoms with Gasteiger partial charge in [-0.25, -0.2) is 4.98 Å². The SMILES string of the molecule is Cc1nc(-c2ccc(Cl)s2)sc1C(=O)N(CCO)C1CC1. The van der Waals surface area contributed by atoms with Gasteiger partial charge in [0.15, 0.2) is 0 Å². The van der Waals surface area contributed by atoms with Gasteiger partial charge in [-0.15, -0.1) is 22.7 Å². The molecule has 1 aliphatic rings. The number of aryl methyl sites for hydroxylation is 1. The lowest BCUT2D eigenvalue weighted by molar-refractivity contribution is 0.0711. The zero-order valence-electron chi connectivity index (χ0n) is 11.5. The number of carbonyl (C=O) groups is 1. The molecule has 0 unspecified atom stereocenters. The van der Waals surface area contributed by atoms with E-state index in [9.17, 15) is 4.79 Å². The van der Waals surface area contributed by atoms with E-state index in [2.05, 4.69) is 4.98 Å². The van der Waals surface area contributed by atoms with E-state index in [0.717, 1.165) is 28.4 Å². The molecule has 7 heteroatoms. The maximum absolute atomic E-state index is 12.6. The zero-order chi connectivity index (χ0) is 15.0. The average Bonchev–Trinajstić information content (AvgIpc) is 3.09. The highest BCUT2D eigenvalue weighted by Crippen LogP contribution is 2.36. The highest BCUT2D eigenvalue weighted by atomic mass is 35.5. The molecule has 0 radical (unpaired) electrons. The van der Waals surface area contributed by atoms with Crippen molar-refractivity contribution in [3.63, 3.8) is 0 Å². The largest absolute Gasteiger partial charge is 0.395 e. The lowest BCUT2D eigenvalue weighted by Gasteiger charge is -2.20. The van der Waals surface area contributed by atoms with Crippen molar-refractivity contribution in [2.24, 2.45) is 0 Å². The molecule has 4 nitrogen and oxygen atoms in total. The highest BCUT2D eigenvalue weighted by molar-refractivity contribution is 7.24. The summed E-state index contributed by atoms with van der Waals surface area (Å²) in [5.74, 6) is -0.0181. The topological polar surface area (TPSA) is 53.4 Å². The van der Waals surface area contributed by atoms with E-state index in [1.54, 1.807) is 4.90 Å². The number of rotatable bonds is 5. The van der Waals surface area contributed by atoms with E-state index in [0.29, 0.717) is 15.8 Å². The van der Waals surface area contributed by atoms with E-state index < -0.39 is 0 Å². The first-order valence-corrected chi connectivity index (χ1v) is 8.76. The number of thiophene rings is 1. The zero-order valence-corrected chi connectivity index (χ0v) is 13.9. The molecule has 1 aliphatic carbocycles. The molecule has 1 fully saturated rings. The molecular formula is C14H15ClN2O2S2. The number of thiazole rings is 1. The van der Waals surface area contributed by atoms with Crippen molar-refractivity contribution in [3.8, 4) is 9.88 Å². The van der Waals surface area contributed by atoms with Crippen LogP contribution in [0.2, 0.25) is 4.34 Å². The highest BCUT2D eigenvalue weighted by Gasteiger charge is 2.34. The van der Waals surface area contributed by atoms with Crippen molar-refractivity contribution in [3.05, 3.63) is 27.0 Å². The molecule has 0 atom stereocenters. The van der Waals surface area contributed by atoms with Gasteiger partial charge in [0.1, 0.15) is 9.88 Å². The summed E-state index contributed by atoms with van der Waals surface area (Å²) in [6.45, 7) is 2.24. The Morgan fingerprint density at radius 3 is 2.81 bits per heavy atom. The first kappa shape index (κ1) is 15.0. The van der Waals surface area contributed by atoms with Gasteiger partial charge >= 0.3 is 0 Å². The number of amides is 1. The summed E-state index contributed by atoms with van der Waals surface area (Å²) >= 11 is 8.81. The van der Waals surface area contributed by atoms with Crippen molar-refractivity contribution in [2.75, 3.05) is 13.2 Å². The predicted molar refractivity (Wildman–Crippen MR) is 86.3 cm³/mol. The number of aromatic nitrogens is 1. The Balaban J connectivity index is 1.88. The minimum absolute atomic E-state index is 0.00647. The molecule has 0 saturated heterocycles. The molecule has 21 heavy (non-hydrogen) atoms. The Kier molecular flexibility index (Phi) is 4.31. The minimum atomic E-state index is -0.0181. The first-order chi connectivity index (χ1) is 10.1. The molecule has 3 rings (SSSR count). The fourth-order valence-electron chi connectivity index (χ4n) is 2.20. The van der Waals surface area contributed by atoms with Gasteiger partial charge in [0.2, 0.25) is 0 Å². The van der Waals surface area contributed by atoms with Crippen LogP contribution in [0.4, 0.5) is 0 Å². The number of aliphatic hydroxyl groups is 1. The number of halogens is 1. The Labute approximate surface area is 136 Å². The lowest BCUT2D eigenvalue weighted by atomic mass is 10.3. The fraction of sp³-hybridized carbons (Fsp3) is 0.429. The quantitative estimate of drug-likeness (QED) is 0.905. The van der Waals surface area contributed by atoms with Crippen LogP contribution in [0.5, 0.6) is 0 Å². The summed E-state index contributed by atoms with van der Waals surface area (Å²) in [6, 6.07) is 4.04. The van der Waals surface area contributed by atoms with E-state index >= 15 is 0 Å². The second-order valence-electron chi connectivity index (χ2n) is 4.99. The summed E-state index contributed by atoms with van der Waals surface area (Å²) in [4.78, 5) is 20.6. The average molecular weight is 343 g/mol. The molecule has 2 aromatic rings. The van der Waals surface area contributed by atoms with Crippen LogP contribution in [0.15, 0.2) is 12.1 Å². The minimum Gasteiger partial charge on any atom is -0.395 e. The first-order valence-electron chi connectivity index (χ1n) is 6.75. The van der Waals surface area contributed by atoms with E-state index in [1.807, 2.05) is 19.1 Å². The number of carbonyl (C=O) groups excluding carboxylic acids is 1. The summed E-state index contributed by atoms with van der Waals surface area (Å²) < 4.78 is 0.714. The number of hydrogen-bond donors (Lipinski definition) is 1. The van der Waals surface area contributed by atoms with Crippen LogP contribution in [0.25, 0.3) is 9.88 Å². The van der Waals surface area contributed by atoms with Crippen LogP contribution in [0, 0.1) is 6.92 Å². The summed E-state index contributed by atoms with van der Waals surface area (Å²) in [5.41, 5.74) is 0.744. The summed E-state index contributed by atoms with van der Waals surface area (Å²) in [5, 5.41) is 9.97. The third-order valence-corrected chi connectivity index (χ3v) is 5.91. The monoisotopic (exact) mass is 342 g/mol. The van der Waals surface area contributed by atoms with Crippen molar-refractivity contribution < 1.29 is 9.90 Å². The summed E-state index contributed by atoms with van der Waals surface area (Å²) in [6.07, 6.45) is 2.05. The Morgan fingerprint density at radius 2 is 2.24 bits per heavy atom. The standard InChI is InChI=1S/C14H15ClN2O2S2/c1-8-12(14(19)17(6-7-18)9-2-3-9)21-13(16-8)10-4-5-11(15)20-10/h4-5,9,18H,2-3,6-7H2,1H3. The molecule has 0 spiro atoms.